The van der Waals surface area contributed by atoms with Crippen LogP contribution >= 0.6 is 0 Å². The number of primary amides is 1. The molecule has 5 aliphatic rings. The van der Waals surface area contributed by atoms with E-state index in [1.165, 1.54) is 10.8 Å². The Morgan fingerprint density at radius 2 is 1.67 bits per heavy atom. The van der Waals surface area contributed by atoms with Gasteiger partial charge in [-0.15, -0.1) is 0 Å². The van der Waals surface area contributed by atoms with Gasteiger partial charge in [-0.3, -0.25) is 14.6 Å². The third-order valence-electron chi connectivity index (χ3n) is 8.50. The zero-order chi connectivity index (χ0) is 20.8. The molecule has 2 amide bonds. The van der Waals surface area contributed by atoms with Crippen LogP contribution in [0.1, 0.15) is 46.0 Å². The lowest BCUT2D eigenvalue weighted by Gasteiger charge is -2.67. The predicted octanol–water partition coefficient (Wildman–Crippen LogP) is 3.86. The van der Waals surface area contributed by atoms with Crippen molar-refractivity contribution in [2.24, 2.45) is 28.9 Å². The van der Waals surface area contributed by atoms with Crippen molar-refractivity contribution in [1.82, 2.24) is 5.01 Å². The lowest BCUT2D eigenvalue weighted by atomic mass is 9.47. The highest BCUT2D eigenvalue weighted by atomic mass is 16.2. The van der Waals surface area contributed by atoms with E-state index in [0.29, 0.717) is 17.8 Å². The molecule has 156 valence electrons. The Balaban J connectivity index is 1.42. The molecule has 2 N–H and O–H groups in total. The fourth-order valence-electron chi connectivity index (χ4n) is 7.46. The van der Waals surface area contributed by atoms with Gasteiger partial charge in [-0.2, -0.15) is 0 Å². The molecule has 4 bridgehead atoms. The third kappa shape index (κ3) is 2.18. The van der Waals surface area contributed by atoms with Crippen molar-refractivity contribution in [3.05, 3.63) is 42.5 Å². The van der Waals surface area contributed by atoms with Crippen molar-refractivity contribution < 1.29 is 9.59 Å². The van der Waals surface area contributed by atoms with E-state index in [2.05, 4.69) is 52.5 Å². The lowest BCUT2D eigenvalue weighted by molar-refractivity contribution is -0.179. The van der Waals surface area contributed by atoms with E-state index in [-0.39, 0.29) is 23.3 Å². The number of nitrogens with two attached hydrogens (primary N) is 1. The van der Waals surface area contributed by atoms with E-state index in [0.717, 1.165) is 37.8 Å². The Bertz CT molecular complexity index is 1060. The van der Waals surface area contributed by atoms with Gasteiger partial charge in [0.1, 0.15) is 5.54 Å². The molecule has 0 radical (unpaired) electrons. The van der Waals surface area contributed by atoms with Crippen molar-refractivity contribution in [2.75, 3.05) is 5.01 Å². The van der Waals surface area contributed by atoms with Crippen LogP contribution in [-0.4, -0.2) is 28.4 Å². The van der Waals surface area contributed by atoms with Crippen LogP contribution in [0.5, 0.6) is 0 Å². The first-order valence-electron chi connectivity index (χ1n) is 11.2. The van der Waals surface area contributed by atoms with Crippen molar-refractivity contribution >= 4 is 28.3 Å². The lowest BCUT2D eigenvalue weighted by Crippen LogP contribution is -2.80. The number of carbonyl (C=O) groups excluding carboxylic acids is 2. The number of fused-ring (bicyclic) bond motifs is 1. The minimum Gasteiger partial charge on any atom is -0.369 e. The van der Waals surface area contributed by atoms with Crippen LogP contribution in [0, 0.1) is 23.2 Å². The molecule has 2 unspecified atom stereocenters. The molecule has 5 heteroatoms. The molecule has 5 atom stereocenters. The molecule has 1 aliphatic heterocycles. The number of benzene rings is 2. The summed E-state index contributed by atoms with van der Waals surface area (Å²) in [5, 5.41) is 6.65. The summed E-state index contributed by atoms with van der Waals surface area (Å²) in [7, 11) is 0. The molecular weight excluding hydrogens is 374 g/mol. The number of nitrogens with zero attached hydrogens (tertiary/aromatic N) is 2. The summed E-state index contributed by atoms with van der Waals surface area (Å²) >= 11 is 0. The fourth-order valence-corrected chi connectivity index (χ4v) is 7.46. The molecule has 1 saturated heterocycles. The Morgan fingerprint density at radius 3 is 2.37 bits per heavy atom. The van der Waals surface area contributed by atoms with Gasteiger partial charge in [0.05, 0.1) is 11.7 Å². The van der Waals surface area contributed by atoms with Gasteiger partial charge in [0.25, 0.3) is 5.91 Å². The number of hydrogen-bond donors (Lipinski definition) is 1. The Hall–Kier alpha value is -2.56. The highest BCUT2D eigenvalue weighted by Crippen LogP contribution is 2.62. The van der Waals surface area contributed by atoms with Crippen LogP contribution in [0.2, 0.25) is 0 Å². The number of rotatable bonds is 3. The summed E-state index contributed by atoms with van der Waals surface area (Å²) in [5.74, 6) is 1.38. The minimum atomic E-state index is -0.569. The van der Waals surface area contributed by atoms with Gasteiger partial charge in [0.2, 0.25) is 5.91 Å². The summed E-state index contributed by atoms with van der Waals surface area (Å²) in [5.41, 5.74) is 6.07. The van der Waals surface area contributed by atoms with Gasteiger partial charge >= 0.3 is 0 Å². The number of amides is 2. The maximum atomic E-state index is 13.4. The number of anilines is 1. The van der Waals surface area contributed by atoms with E-state index in [1.807, 2.05) is 13.8 Å². The Kier molecular flexibility index (Phi) is 3.51. The molecule has 4 aliphatic carbocycles. The predicted molar refractivity (Wildman–Crippen MR) is 116 cm³/mol. The maximum absolute atomic E-state index is 13.4. The van der Waals surface area contributed by atoms with Crippen molar-refractivity contribution in [1.29, 1.82) is 0 Å². The average Bonchev–Trinajstić information content (AvgIpc) is 2.71. The second-order valence-corrected chi connectivity index (χ2v) is 10.6. The molecule has 5 nitrogen and oxygen atoms in total. The van der Waals surface area contributed by atoms with Crippen LogP contribution in [0.4, 0.5) is 5.69 Å². The summed E-state index contributed by atoms with van der Waals surface area (Å²) in [6.07, 6.45) is 4.86. The first-order chi connectivity index (χ1) is 14.3. The van der Waals surface area contributed by atoms with Crippen molar-refractivity contribution in [3.63, 3.8) is 0 Å². The van der Waals surface area contributed by atoms with E-state index in [1.54, 1.807) is 0 Å². The maximum Gasteiger partial charge on any atom is 0.268 e. The second kappa shape index (κ2) is 5.77. The Morgan fingerprint density at radius 1 is 1.00 bits per heavy atom. The normalized spacial score (nSPS) is 36.3. The van der Waals surface area contributed by atoms with Gasteiger partial charge in [-0.1, -0.05) is 36.4 Å². The monoisotopic (exact) mass is 403 g/mol. The summed E-state index contributed by atoms with van der Waals surface area (Å²) in [4.78, 5) is 25.8. The average molecular weight is 404 g/mol. The van der Waals surface area contributed by atoms with Gasteiger partial charge in [0.15, 0.2) is 0 Å². The van der Waals surface area contributed by atoms with Crippen LogP contribution in [0.15, 0.2) is 42.5 Å². The van der Waals surface area contributed by atoms with E-state index in [9.17, 15) is 9.59 Å². The van der Waals surface area contributed by atoms with Crippen LogP contribution in [-0.2, 0) is 9.59 Å². The standard InChI is InChI=1S/C25H29N3O2/c1-24(2)23(30)27(28(24)20-9-5-7-16-6-3-4-8-19(16)20)21-17-10-15-11-18(21)14-25(12-15,13-17)22(26)29/h3-9,15,17-18,21H,10-14H2,1-2H3,(H2,26,29)/t15?,17-,18?,21-,25-/m0/s1. The zero-order valence-corrected chi connectivity index (χ0v) is 17.7. The van der Waals surface area contributed by atoms with Gasteiger partial charge in [-0.25, -0.2) is 5.01 Å². The molecule has 1 heterocycles. The fraction of sp³-hybridized carbons (Fsp3) is 0.520. The van der Waals surface area contributed by atoms with E-state index < -0.39 is 5.54 Å². The third-order valence-corrected chi connectivity index (χ3v) is 8.50. The Labute approximate surface area is 177 Å². The molecule has 7 rings (SSSR count). The molecule has 0 spiro atoms. The van der Waals surface area contributed by atoms with E-state index in [4.69, 9.17) is 5.73 Å². The molecule has 2 aromatic rings. The highest BCUT2D eigenvalue weighted by Gasteiger charge is 2.65. The smallest absolute Gasteiger partial charge is 0.268 e. The zero-order valence-electron chi connectivity index (χ0n) is 17.7. The van der Waals surface area contributed by atoms with Crippen LogP contribution < -0.4 is 10.7 Å². The minimum absolute atomic E-state index is 0.124. The van der Waals surface area contributed by atoms with Gasteiger partial charge < -0.3 is 5.73 Å². The topological polar surface area (TPSA) is 66.6 Å². The summed E-state index contributed by atoms with van der Waals surface area (Å²) in [6, 6.07) is 14.9. The van der Waals surface area contributed by atoms with Crippen LogP contribution in [0.3, 0.4) is 0 Å². The quantitative estimate of drug-likeness (QED) is 0.846. The van der Waals surface area contributed by atoms with Gasteiger partial charge in [-0.05, 0) is 75.2 Å². The molecule has 4 saturated carbocycles. The molecule has 2 aromatic carbocycles. The molecular formula is C25H29N3O2. The van der Waals surface area contributed by atoms with Crippen LogP contribution in [0.25, 0.3) is 10.8 Å². The number of hydrazine groups is 1. The molecule has 5 fully saturated rings. The number of carbonyl (C=O) groups is 2. The molecule has 30 heavy (non-hydrogen) atoms. The van der Waals surface area contributed by atoms with Crippen molar-refractivity contribution in [3.8, 4) is 0 Å². The van der Waals surface area contributed by atoms with E-state index >= 15 is 0 Å². The first kappa shape index (κ1) is 18.2. The first-order valence-corrected chi connectivity index (χ1v) is 11.2. The molecule has 0 aromatic heterocycles. The van der Waals surface area contributed by atoms with Crippen molar-refractivity contribution in [2.45, 2.75) is 57.5 Å². The summed E-state index contributed by atoms with van der Waals surface area (Å²) in [6.45, 7) is 4.04. The van der Waals surface area contributed by atoms with Gasteiger partial charge in [0, 0.05) is 10.8 Å². The number of hydrogen-bond acceptors (Lipinski definition) is 3. The SMILES string of the molecule is CC1(C)C(=O)N([C@@H]2C3CC4C[C@H]2C[C@@](C(N)=O)(C4)C3)N1c1cccc2ccccc12. The highest BCUT2D eigenvalue weighted by molar-refractivity contribution is 6.03. The second-order valence-electron chi connectivity index (χ2n) is 10.6. The largest absolute Gasteiger partial charge is 0.369 e. The summed E-state index contributed by atoms with van der Waals surface area (Å²) < 4.78 is 0.